The van der Waals surface area contributed by atoms with E-state index in [1.54, 1.807) is 18.2 Å². The van der Waals surface area contributed by atoms with E-state index in [2.05, 4.69) is 9.62 Å². The number of hydrogen-bond acceptors (Lipinski definition) is 6. The maximum Gasteiger partial charge on any atom is 0.304 e. The number of hydrogen-bond donors (Lipinski definition) is 2. The van der Waals surface area contributed by atoms with Crippen molar-refractivity contribution in [3.8, 4) is 5.75 Å². The van der Waals surface area contributed by atoms with Crippen molar-refractivity contribution < 1.29 is 23.1 Å². The van der Waals surface area contributed by atoms with Crippen molar-refractivity contribution in [2.45, 2.75) is 70.1 Å². The van der Waals surface area contributed by atoms with E-state index in [0.717, 1.165) is 69.3 Å². The molecular formula is C31H38ClN3O5S. The van der Waals surface area contributed by atoms with Gasteiger partial charge in [0.05, 0.1) is 11.8 Å². The topological polar surface area (TPSA) is 99.2 Å². The lowest BCUT2D eigenvalue weighted by Gasteiger charge is -2.42. The van der Waals surface area contributed by atoms with E-state index < -0.39 is 22.2 Å². The van der Waals surface area contributed by atoms with Crippen molar-refractivity contribution in [3.05, 3.63) is 70.3 Å². The SMILES string of the molecule is O=C1NS(=O)(=O)N2CCCC2C/C=C/[C@H](O)[C@@H]2CC[C@H]2CN2CCCCc3cc(Cl)ccc3COc3ccc1cc32. The van der Waals surface area contributed by atoms with Gasteiger partial charge >= 0.3 is 10.2 Å². The van der Waals surface area contributed by atoms with Gasteiger partial charge in [0.1, 0.15) is 12.4 Å². The molecular weight excluding hydrogens is 562 g/mol. The van der Waals surface area contributed by atoms with Crippen molar-refractivity contribution >= 4 is 33.4 Å². The molecule has 4 atom stereocenters. The number of ether oxygens (including phenoxy) is 1. The van der Waals surface area contributed by atoms with Crippen LogP contribution in [0.3, 0.4) is 0 Å². The highest BCUT2D eigenvalue weighted by Crippen LogP contribution is 2.41. The van der Waals surface area contributed by atoms with E-state index >= 15 is 0 Å². The van der Waals surface area contributed by atoms with Crippen LogP contribution in [-0.2, 0) is 23.2 Å². The Kier molecular flexibility index (Phi) is 8.32. The average molecular weight is 600 g/mol. The fraction of sp³-hybridized carbons (Fsp3) is 0.516. The van der Waals surface area contributed by atoms with Gasteiger partial charge in [0.25, 0.3) is 5.91 Å². The monoisotopic (exact) mass is 599 g/mol. The Balaban J connectivity index is 1.38. The maximum atomic E-state index is 13.4. The van der Waals surface area contributed by atoms with Crippen LogP contribution in [0.15, 0.2) is 48.6 Å². The molecule has 2 aromatic rings. The molecule has 3 aliphatic heterocycles. The first-order valence-corrected chi connectivity index (χ1v) is 16.6. The number of amides is 1. The third kappa shape index (κ3) is 6.14. The fourth-order valence-electron chi connectivity index (χ4n) is 6.75. The summed E-state index contributed by atoms with van der Waals surface area (Å²) in [5.41, 5.74) is 3.30. The number of carbonyl (C=O) groups is 1. The number of rotatable bonds is 0. The number of nitrogens with zero attached hydrogens (tertiary/aromatic N) is 2. The van der Waals surface area contributed by atoms with Gasteiger partial charge in [-0.15, -0.1) is 0 Å². The highest BCUT2D eigenvalue weighted by Gasteiger charge is 2.38. The van der Waals surface area contributed by atoms with E-state index in [1.807, 2.05) is 30.4 Å². The molecule has 10 heteroatoms. The van der Waals surface area contributed by atoms with Crippen molar-refractivity contribution in [1.29, 1.82) is 0 Å². The number of halogens is 1. The largest absolute Gasteiger partial charge is 0.487 e. The summed E-state index contributed by atoms with van der Waals surface area (Å²) in [5, 5.41) is 11.8. The molecule has 220 valence electrons. The number of anilines is 1. The zero-order valence-electron chi connectivity index (χ0n) is 23.2. The highest BCUT2D eigenvalue weighted by molar-refractivity contribution is 7.87. The third-order valence-electron chi connectivity index (χ3n) is 9.20. The molecule has 1 saturated carbocycles. The normalized spacial score (nSPS) is 29.4. The van der Waals surface area contributed by atoms with E-state index in [-0.39, 0.29) is 17.5 Å². The summed E-state index contributed by atoms with van der Waals surface area (Å²) in [7, 11) is -4.03. The molecule has 1 aliphatic carbocycles. The number of carbonyl (C=O) groups excluding carboxylic acids is 1. The molecule has 2 aromatic carbocycles. The maximum absolute atomic E-state index is 13.4. The summed E-state index contributed by atoms with van der Waals surface area (Å²) in [6.45, 7) is 2.21. The van der Waals surface area contributed by atoms with Gasteiger partial charge in [0, 0.05) is 36.3 Å². The standard InChI is InChI=1S/C31H38ClN3O5S/c32-25-12-9-24-20-40-30-14-11-22-18-28(30)34(15-2-1-5-21(24)17-25)19-23-10-13-27(23)29(36)8-3-6-26-7-4-16-35(26)41(38,39)33-31(22)37/h3,8-9,11-12,14,17-18,23,26-27,29,36H,1-2,4-7,10,13,15-16,19-20H2,(H,33,37)/b8-3+/t23-,26?,27+,29-/m0/s1. The second-order valence-electron chi connectivity index (χ2n) is 11.8. The van der Waals surface area contributed by atoms with Crippen LogP contribution in [0.1, 0.15) is 66.4 Å². The van der Waals surface area contributed by atoms with Gasteiger partial charge in [-0.1, -0.05) is 29.8 Å². The van der Waals surface area contributed by atoms with E-state index in [9.17, 15) is 18.3 Å². The molecule has 2 N–H and O–H groups in total. The molecule has 0 radical (unpaired) electrons. The summed E-state index contributed by atoms with van der Waals surface area (Å²) in [5.74, 6) is 0.442. The number of benzene rings is 2. The molecule has 1 unspecified atom stereocenters. The van der Waals surface area contributed by atoms with Gasteiger partial charge in [-0.05, 0) is 105 Å². The summed E-state index contributed by atoms with van der Waals surface area (Å²) in [6, 6.07) is 10.8. The second kappa shape index (κ2) is 12.0. The Morgan fingerprint density at radius 2 is 1.88 bits per heavy atom. The zero-order chi connectivity index (χ0) is 28.6. The molecule has 41 heavy (non-hydrogen) atoms. The quantitative estimate of drug-likeness (QED) is 0.420. The van der Waals surface area contributed by atoms with Crippen LogP contribution < -0.4 is 14.4 Å². The Labute approximate surface area is 247 Å². The molecule has 6 rings (SSSR count). The molecule has 3 heterocycles. The smallest absolute Gasteiger partial charge is 0.304 e. The van der Waals surface area contributed by atoms with Crippen molar-refractivity contribution in [2.75, 3.05) is 24.5 Å². The minimum Gasteiger partial charge on any atom is -0.487 e. The number of aryl methyl sites for hydroxylation is 1. The minimum atomic E-state index is -4.03. The van der Waals surface area contributed by atoms with Crippen LogP contribution in [0.2, 0.25) is 5.02 Å². The Morgan fingerprint density at radius 1 is 1.00 bits per heavy atom. The Hall–Kier alpha value is -2.59. The first-order valence-electron chi connectivity index (χ1n) is 14.8. The van der Waals surface area contributed by atoms with E-state index in [0.29, 0.717) is 36.3 Å². The van der Waals surface area contributed by atoms with Gasteiger partial charge in [-0.3, -0.25) is 4.79 Å². The third-order valence-corrected chi connectivity index (χ3v) is 11.0. The lowest BCUT2D eigenvalue weighted by molar-refractivity contribution is 0.0461. The number of aliphatic hydroxyl groups excluding tert-OH is 1. The summed E-state index contributed by atoms with van der Waals surface area (Å²) >= 11 is 6.30. The van der Waals surface area contributed by atoms with Gasteiger partial charge < -0.3 is 14.7 Å². The van der Waals surface area contributed by atoms with Crippen LogP contribution in [0.5, 0.6) is 5.75 Å². The van der Waals surface area contributed by atoms with Gasteiger partial charge in [0.15, 0.2) is 0 Å². The molecule has 0 spiro atoms. The van der Waals surface area contributed by atoms with Crippen molar-refractivity contribution in [1.82, 2.24) is 9.03 Å². The molecule has 2 bridgehead atoms. The average Bonchev–Trinajstić information content (AvgIpc) is 3.39. The summed E-state index contributed by atoms with van der Waals surface area (Å²) in [4.78, 5) is 15.6. The first kappa shape index (κ1) is 28.5. The first-order chi connectivity index (χ1) is 19.8. The predicted molar refractivity (Wildman–Crippen MR) is 159 cm³/mol. The minimum absolute atomic E-state index is 0.142. The van der Waals surface area contributed by atoms with Crippen LogP contribution in [0.25, 0.3) is 0 Å². The molecule has 1 saturated heterocycles. The molecule has 0 aromatic heterocycles. The van der Waals surface area contributed by atoms with Crippen molar-refractivity contribution in [2.24, 2.45) is 11.8 Å². The number of aliphatic hydroxyl groups is 1. The molecule has 1 amide bonds. The summed E-state index contributed by atoms with van der Waals surface area (Å²) < 4.78 is 36.7. The zero-order valence-corrected chi connectivity index (χ0v) is 24.7. The molecule has 8 nitrogen and oxygen atoms in total. The van der Waals surface area contributed by atoms with Crippen LogP contribution in [0, 0.1) is 11.8 Å². The number of nitrogens with one attached hydrogen (secondary N) is 1. The van der Waals surface area contributed by atoms with Crippen LogP contribution in [0.4, 0.5) is 5.69 Å². The second-order valence-corrected chi connectivity index (χ2v) is 13.8. The van der Waals surface area contributed by atoms with E-state index in [1.165, 1.54) is 9.87 Å². The van der Waals surface area contributed by atoms with Crippen molar-refractivity contribution in [3.63, 3.8) is 0 Å². The van der Waals surface area contributed by atoms with Crippen LogP contribution >= 0.6 is 11.6 Å². The Morgan fingerprint density at radius 3 is 2.71 bits per heavy atom. The summed E-state index contributed by atoms with van der Waals surface area (Å²) in [6.07, 6.45) is 9.92. The predicted octanol–water partition coefficient (Wildman–Crippen LogP) is 4.85. The molecule has 4 aliphatic rings. The van der Waals surface area contributed by atoms with Crippen LogP contribution in [-0.4, -0.2) is 55.5 Å². The van der Waals surface area contributed by atoms with Gasteiger partial charge in [0.2, 0.25) is 0 Å². The van der Waals surface area contributed by atoms with Gasteiger partial charge in [-0.2, -0.15) is 12.7 Å². The lowest BCUT2D eigenvalue weighted by atomic mass is 9.70. The Bertz CT molecular complexity index is 1430. The molecule has 2 fully saturated rings. The fourth-order valence-corrected chi connectivity index (χ4v) is 8.36. The van der Waals surface area contributed by atoms with E-state index in [4.69, 9.17) is 16.3 Å². The number of fused-ring (bicyclic) bond motifs is 4. The van der Waals surface area contributed by atoms with Gasteiger partial charge in [-0.25, -0.2) is 4.72 Å². The lowest BCUT2D eigenvalue weighted by Crippen LogP contribution is -2.46. The highest BCUT2D eigenvalue weighted by atomic mass is 35.5.